The first-order chi connectivity index (χ1) is 12.2. The molecule has 1 atom stereocenters. The number of rotatable bonds is 5. The summed E-state index contributed by atoms with van der Waals surface area (Å²) in [6.45, 7) is 4.01. The minimum absolute atomic E-state index is 0.202. The molecule has 6 heteroatoms. The van der Waals surface area contributed by atoms with Crippen LogP contribution >= 0.6 is 11.6 Å². The van der Waals surface area contributed by atoms with Gasteiger partial charge in [0, 0.05) is 24.2 Å². The molecule has 138 valence electrons. The average Bonchev–Trinajstić information content (AvgIpc) is 2.65. The van der Waals surface area contributed by atoms with Crippen LogP contribution in [0.25, 0.3) is 0 Å². The highest BCUT2D eigenvalue weighted by molar-refractivity contribution is 6.30. The number of hydrogen-bond acceptors (Lipinski definition) is 3. The maximum atomic E-state index is 6.16. The third-order valence-corrected chi connectivity index (χ3v) is 5.38. The number of nitrogens with two attached hydrogens (primary N) is 1. The molecule has 2 fully saturated rings. The van der Waals surface area contributed by atoms with Gasteiger partial charge >= 0.3 is 0 Å². The molecule has 1 heterocycles. The Morgan fingerprint density at radius 1 is 1.20 bits per heavy atom. The van der Waals surface area contributed by atoms with Crippen LogP contribution in [-0.4, -0.2) is 49.7 Å². The molecule has 1 aromatic carbocycles. The predicted molar refractivity (Wildman–Crippen MR) is 103 cm³/mol. The molecule has 0 amide bonds. The Hall–Kier alpha value is -1.30. The van der Waals surface area contributed by atoms with Crippen molar-refractivity contribution in [2.45, 2.75) is 44.2 Å². The molecule has 0 aromatic heterocycles. The molecule has 2 aliphatic rings. The van der Waals surface area contributed by atoms with E-state index in [9.17, 15) is 0 Å². The predicted octanol–water partition coefficient (Wildman–Crippen LogP) is 2.95. The van der Waals surface area contributed by atoms with E-state index in [2.05, 4.69) is 27.3 Å². The van der Waals surface area contributed by atoms with Gasteiger partial charge in [-0.1, -0.05) is 43.0 Å². The van der Waals surface area contributed by atoms with Crippen molar-refractivity contribution in [3.8, 4) is 0 Å². The van der Waals surface area contributed by atoms with Gasteiger partial charge in [-0.2, -0.15) is 0 Å². The highest BCUT2D eigenvalue weighted by Crippen LogP contribution is 2.24. The number of ether oxygens (including phenoxy) is 1. The van der Waals surface area contributed by atoms with Gasteiger partial charge in [0.2, 0.25) is 0 Å². The number of aliphatic imine (C=N–C) groups is 1. The van der Waals surface area contributed by atoms with Crippen LogP contribution in [0.1, 0.15) is 43.7 Å². The summed E-state index contributed by atoms with van der Waals surface area (Å²) in [5, 5.41) is 4.16. The fourth-order valence-corrected chi connectivity index (χ4v) is 3.82. The summed E-state index contributed by atoms with van der Waals surface area (Å²) < 4.78 is 5.50. The summed E-state index contributed by atoms with van der Waals surface area (Å²) in [4.78, 5) is 7.08. The lowest BCUT2D eigenvalue weighted by atomic mass is 9.96. The molecular formula is C19H29ClN4O. The number of nitrogens with one attached hydrogen (secondary N) is 1. The van der Waals surface area contributed by atoms with Crippen molar-refractivity contribution in [2.24, 2.45) is 10.7 Å². The first-order valence-electron chi connectivity index (χ1n) is 9.36. The summed E-state index contributed by atoms with van der Waals surface area (Å²) in [5.41, 5.74) is 7.38. The molecule has 0 spiro atoms. The SMILES string of the molecule is NC(=NCC(c1ccc(Cl)cc1)N1CCOCC1)NC1CCCCC1. The zero-order valence-electron chi connectivity index (χ0n) is 14.8. The number of guanidine groups is 1. The normalized spacial score (nSPS) is 21.9. The molecule has 1 saturated heterocycles. The maximum absolute atomic E-state index is 6.16. The van der Waals surface area contributed by atoms with Gasteiger partial charge in [0.25, 0.3) is 0 Å². The molecule has 0 bridgehead atoms. The highest BCUT2D eigenvalue weighted by atomic mass is 35.5. The van der Waals surface area contributed by atoms with E-state index in [1.807, 2.05) is 12.1 Å². The molecular weight excluding hydrogens is 336 g/mol. The lowest BCUT2D eigenvalue weighted by molar-refractivity contribution is 0.0180. The smallest absolute Gasteiger partial charge is 0.188 e. The maximum Gasteiger partial charge on any atom is 0.188 e. The van der Waals surface area contributed by atoms with Gasteiger partial charge in [-0.15, -0.1) is 0 Å². The largest absolute Gasteiger partial charge is 0.379 e. The first-order valence-corrected chi connectivity index (χ1v) is 9.74. The lowest BCUT2D eigenvalue weighted by Gasteiger charge is -2.34. The van der Waals surface area contributed by atoms with Crippen LogP contribution in [0.3, 0.4) is 0 Å². The first kappa shape index (κ1) is 18.5. The highest BCUT2D eigenvalue weighted by Gasteiger charge is 2.22. The van der Waals surface area contributed by atoms with Gasteiger partial charge in [-0.3, -0.25) is 9.89 Å². The third kappa shape index (κ3) is 5.59. The van der Waals surface area contributed by atoms with Crippen LogP contribution in [0.15, 0.2) is 29.3 Å². The van der Waals surface area contributed by atoms with Crippen molar-refractivity contribution in [2.75, 3.05) is 32.8 Å². The van der Waals surface area contributed by atoms with E-state index in [1.165, 1.54) is 37.7 Å². The van der Waals surface area contributed by atoms with Crippen LogP contribution in [0, 0.1) is 0 Å². The molecule has 25 heavy (non-hydrogen) atoms. The number of hydrogen-bond donors (Lipinski definition) is 2. The average molecular weight is 365 g/mol. The Kier molecular flexibility index (Phi) is 6.96. The quantitative estimate of drug-likeness (QED) is 0.623. The van der Waals surface area contributed by atoms with Gasteiger partial charge in [-0.05, 0) is 30.5 Å². The van der Waals surface area contributed by atoms with E-state index in [0.717, 1.165) is 31.3 Å². The molecule has 1 aliphatic carbocycles. The number of nitrogens with zero attached hydrogens (tertiary/aromatic N) is 2. The van der Waals surface area contributed by atoms with Crippen LogP contribution in [0.5, 0.6) is 0 Å². The molecule has 1 unspecified atom stereocenters. The van der Waals surface area contributed by atoms with E-state index in [0.29, 0.717) is 18.5 Å². The van der Waals surface area contributed by atoms with Gasteiger partial charge in [0.05, 0.1) is 25.8 Å². The number of benzene rings is 1. The third-order valence-electron chi connectivity index (χ3n) is 5.13. The summed E-state index contributed by atoms with van der Waals surface area (Å²) in [6, 6.07) is 8.74. The van der Waals surface area contributed by atoms with Gasteiger partial charge in [0.1, 0.15) is 0 Å². The van der Waals surface area contributed by atoms with Gasteiger partial charge in [0.15, 0.2) is 5.96 Å². The van der Waals surface area contributed by atoms with E-state index in [1.54, 1.807) is 0 Å². The standard InChI is InChI=1S/C19H29ClN4O/c20-16-8-6-15(7-9-16)18(24-10-12-25-13-11-24)14-22-19(21)23-17-4-2-1-3-5-17/h6-9,17-18H,1-5,10-14H2,(H3,21,22,23). The Labute approximate surface area is 155 Å². The van der Waals surface area contributed by atoms with E-state index < -0.39 is 0 Å². The molecule has 3 N–H and O–H groups in total. The van der Waals surface area contributed by atoms with Crippen LogP contribution < -0.4 is 11.1 Å². The van der Waals surface area contributed by atoms with Crippen molar-refractivity contribution in [3.05, 3.63) is 34.9 Å². The molecule has 1 aliphatic heterocycles. The van der Waals surface area contributed by atoms with Crippen molar-refractivity contribution < 1.29 is 4.74 Å². The summed E-state index contributed by atoms with van der Waals surface area (Å²) >= 11 is 6.05. The summed E-state index contributed by atoms with van der Waals surface area (Å²) in [7, 11) is 0. The lowest BCUT2D eigenvalue weighted by Crippen LogP contribution is -2.43. The minimum atomic E-state index is 0.202. The molecule has 1 aromatic rings. The van der Waals surface area contributed by atoms with Crippen LogP contribution in [0.2, 0.25) is 5.02 Å². The second-order valence-corrected chi connectivity index (χ2v) is 7.36. The van der Waals surface area contributed by atoms with Crippen molar-refractivity contribution >= 4 is 17.6 Å². The van der Waals surface area contributed by atoms with Crippen LogP contribution in [-0.2, 0) is 4.74 Å². The monoisotopic (exact) mass is 364 g/mol. The molecule has 5 nitrogen and oxygen atoms in total. The van der Waals surface area contributed by atoms with Crippen molar-refractivity contribution in [3.63, 3.8) is 0 Å². The van der Waals surface area contributed by atoms with Gasteiger partial charge in [-0.25, -0.2) is 0 Å². The van der Waals surface area contributed by atoms with Crippen LogP contribution in [0.4, 0.5) is 0 Å². The zero-order valence-corrected chi connectivity index (χ0v) is 15.5. The zero-order chi connectivity index (χ0) is 17.5. The second-order valence-electron chi connectivity index (χ2n) is 6.92. The Morgan fingerprint density at radius 2 is 1.88 bits per heavy atom. The van der Waals surface area contributed by atoms with E-state index in [-0.39, 0.29) is 6.04 Å². The van der Waals surface area contributed by atoms with E-state index >= 15 is 0 Å². The minimum Gasteiger partial charge on any atom is -0.379 e. The summed E-state index contributed by atoms with van der Waals surface area (Å²) in [5.74, 6) is 0.569. The Bertz CT molecular complexity index is 551. The molecule has 3 rings (SSSR count). The summed E-state index contributed by atoms with van der Waals surface area (Å²) in [6.07, 6.45) is 6.30. The Balaban J connectivity index is 1.65. The molecule has 0 radical (unpaired) electrons. The number of halogens is 1. The van der Waals surface area contributed by atoms with Crippen molar-refractivity contribution in [1.29, 1.82) is 0 Å². The fraction of sp³-hybridized carbons (Fsp3) is 0.632. The van der Waals surface area contributed by atoms with E-state index in [4.69, 9.17) is 22.1 Å². The fourth-order valence-electron chi connectivity index (χ4n) is 3.69. The van der Waals surface area contributed by atoms with Gasteiger partial charge < -0.3 is 15.8 Å². The molecule has 1 saturated carbocycles. The number of morpholine rings is 1. The van der Waals surface area contributed by atoms with Crippen molar-refractivity contribution in [1.82, 2.24) is 10.2 Å². The Morgan fingerprint density at radius 3 is 2.56 bits per heavy atom. The second kappa shape index (κ2) is 9.41. The topological polar surface area (TPSA) is 62.9 Å².